The van der Waals surface area contributed by atoms with Crippen LogP contribution in [0, 0.1) is 5.82 Å². The normalized spacial score (nSPS) is 12.3. The molecule has 2 aromatic rings. The maximum atomic E-state index is 14.1. The van der Waals surface area contributed by atoms with E-state index in [4.69, 9.17) is 4.74 Å². The zero-order valence-corrected chi connectivity index (χ0v) is 17.7. The van der Waals surface area contributed by atoms with Gasteiger partial charge in [0.2, 0.25) is 15.9 Å². The first kappa shape index (κ1) is 22.7. The molecule has 0 spiro atoms. The molecule has 0 aromatic heterocycles. The van der Waals surface area contributed by atoms with Crippen LogP contribution in [0.1, 0.15) is 25.8 Å². The summed E-state index contributed by atoms with van der Waals surface area (Å²) in [4.78, 5) is 12.5. The molecule has 158 valence electrons. The van der Waals surface area contributed by atoms with Gasteiger partial charge in [-0.1, -0.05) is 30.3 Å². The minimum absolute atomic E-state index is 0.150. The number of aryl methyl sites for hydroxylation is 1. The average Bonchev–Trinajstić information content (AvgIpc) is 2.67. The van der Waals surface area contributed by atoms with Crippen molar-refractivity contribution in [3.63, 3.8) is 0 Å². The summed E-state index contributed by atoms with van der Waals surface area (Å²) in [6.45, 7) is 4.29. The van der Waals surface area contributed by atoms with Gasteiger partial charge in [0.05, 0.1) is 18.6 Å². The summed E-state index contributed by atoms with van der Waals surface area (Å²) >= 11 is 0. The lowest BCUT2D eigenvalue weighted by Gasteiger charge is -2.28. The number of nitrogens with one attached hydrogen (secondary N) is 1. The van der Waals surface area contributed by atoms with Gasteiger partial charge in [-0.15, -0.1) is 0 Å². The van der Waals surface area contributed by atoms with Gasteiger partial charge in [-0.25, -0.2) is 12.8 Å². The van der Waals surface area contributed by atoms with E-state index >= 15 is 0 Å². The van der Waals surface area contributed by atoms with E-state index in [1.165, 1.54) is 25.1 Å². The van der Waals surface area contributed by atoms with Crippen molar-refractivity contribution < 1.29 is 22.3 Å². The predicted octanol–water partition coefficient (Wildman–Crippen LogP) is 3.13. The van der Waals surface area contributed by atoms with Crippen molar-refractivity contribution in [2.24, 2.45) is 0 Å². The molecule has 0 aliphatic rings. The Morgan fingerprint density at radius 3 is 2.48 bits per heavy atom. The second kappa shape index (κ2) is 10.2. The number of anilines is 1. The molecule has 0 radical (unpaired) electrons. The number of ether oxygens (including phenoxy) is 1. The quantitative estimate of drug-likeness (QED) is 0.597. The van der Waals surface area contributed by atoms with Crippen LogP contribution in [-0.2, 0) is 21.2 Å². The van der Waals surface area contributed by atoms with Gasteiger partial charge in [-0.3, -0.25) is 9.10 Å². The molecule has 6 nitrogen and oxygen atoms in total. The van der Waals surface area contributed by atoms with Crippen LogP contribution in [0.2, 0.25) is 0 Å². The highest BCUT2D eigenvalue weighted by Gasteiger charge is 2.30. The highest BCUT2D eigenvalue weighted by Crippen LogP contribution is 2.24. The molecule has 8 heteroatoms. The van der Waals surface area contributed by atoms with E-state index in [0.29, 0.717) is 26.0 Å². The first-order valence-electron chi connectivity index (χ1n) is 9.48. The third-order valence-electron chi connectivity index (χ3n) is 4.37. The first-order chi connectivity index (χ1) is 13.8. The number of carbonyl (C=O) groups excluding carboxylic acids is 1. The molecule has 0 saturated heterocycles. The van der Waals surface area contributed by atoms with E-state index in [-0.39, 0.29) is 5.69 Å². The van der Waals surface area contributed by atoms with Crippen molar-refractivity contribution in [3.05, 3.63) is 59.9 Å². The molecule has 1 amide bonds. The van der Waals surface area contributed by atoms with E-state index in [1.807, 2.05) is 31.2 Å². The van der Waals surface area contributed by atoms with Crippen LogP contribution in [0.3, 0.4) is 0 Å². The maximum Gasteiger partial charge on any atom is 0.243 e. The number of amides is 1. The van der Waals surface area contributed by atoms with Crippen LogP contribution in [0.25, 0.3) is 0 Å². The Balaban J connectivity index is 2.00. The summed E-state index contributed by atoms with van der Waals surface area (Å²) in [6, 6.07) is 12.1. The average molecular weight is 423 g/mol. The van der Waals surface area contributed by atoms with Gasteiger partial charge in [-0.05, 0) is 50.5 Å². The standard InChI is InChI=1S/C21H27FN2O4S/c1-4-28-20-14-8-5-10-17(20)11-9-15-23-21(25)16(2)24(29(3,26)27)19-13-7-6-12-18(19)22/h5-8,10,12-14,16H,4,9,11,15H2,1-3H3,(H,23,25)/t16-/m0/s1. The lowest BCUT2D eigenvalue weighted by atomic mass is 10.1. The number of benzene rings is 2. The zero-order valence-electron chi connectivity index (χ0n) is 16.9. The minimum Gasteiger partial charge on any atom is -0.494 e. The number of nitrogens with zero attached hydrogens (tertiary/aromatic N) is 1. The van der Waals surface area contributed by atoms with Crippen molar-refractivity contribution >= 4 is 21.6 Å². The summed E-state index contributed by atoms with van der Waals surface area (Å²) in [5, 5.41) is 2.74. The first-order valence-corrected chi connectivity index (χ1v) is 11.3. The molecule has 2 rings (SSSR count). The van der Waals surface area contributed by atoms with Crippen molar-refractivity contribution in [2.75, 3.05) is 23.7 Å². The molecule has 1 atom stereocenters. The molecule has 1 N–H and O–H groups in total. The number of hydrogen-bond acceptors (Lipinski definition) is 4. The fourth-order valence-electron chi connectivity index (χ4n) is 3.06. The van der Waals surface area contributed by atoms with E-state index < -0.39 is 27.8 Å². The van der Waals surface area contributed by atoms with Crippen LogP contribution >= 0.6 is 0 Å². The summed E-state index contributed by atoms with van der Waals surface area (Å²) in [7, 11) is -3.85. The Morgan fingerprint density at radius 1 is 1.17 bits per heavy atom. The highest BCUT2D eigenvalue weighted by molar-refractivity contribution is 7.92. The Labute approximate surface area is 171 Å². The van der Waals surface area contributed by atoms with Crippen LogP contribution in [0.15, 0.2) is 48.5 Å². The third kappa shape index (κ3) is 6.19. The topological polar surface area (TPSA) is 75.7 Å². The number of carbonyl (C=O) groups is 1. The number of halogens is 1. The third-order valence-corrected chi connectivity index (χ3v) is 5.60. The molecule has 0 unspecified atom stereocenters. The molecule has 0 aliphatic carbocycles. The van der Waals surface area contributed by atoms with E-state index in [2.05, 4.69) is 5.32 Å². The van der Waals surface area contributed by atoms with Gasteiger partial charge in [0.15, 0.2) is 0 Å². The molecule has 29 heavy (non-hydrogen) atoms. The number of rotatable bonds is 10. The van der Waals surface area contributed by atoms with Crippen LogP contribution in [0.4, 0.5) is 10.1 Å². The molecule has 0 fully saturated rings. The van der Waals surface area contributed by atoms with E-state index in [9.17, 15) is 17.6 Å². The predicted molar refractivity (Wildman–Crippen MR) is 112 cm³/mol. The fraction of sp³-hybridized carbons (Fsp3) is 0.381. The smallest absolute Gasteiger partial charge is 0.243 e. The molecule has 0 bridgehead atoms. The molecule has 2 aromatic carbocycles. The number of para-hydroxylation sites is 2. The lowest BCUT2D eigenvalue weighted by Crippen LogP contribution is -2.48. The molecule has 0 aliphatic heterocycles. The summed E-state index contributed by atoms with van der Waals surface area (Å²) < 4.78 is 45.0. The minimum atomic E-state index is -3.85. The van der Waals surface area contributed by atoms with Gasteiger partial charge in [-0.2, -0.15) is 0 Å². The Bertz CT molecular complexity index is 934. The maximum absolute atomic E-state index is 14.1. The summed E-state index contributed by atoms with van der Waals surface area (Å²) in [6.07, 6.45) is 2.31. The molecule has 0 heterocycles. The van der Waals surface area contributed by atoms with Gasteiger partial charge in [0, 0.05) is 6.54 Å². The van der Waals surface area contributed by atoms with Gasteiger partial charge < -0.3 is 10.1 Å². The zero-order chi connectivity index (χ0) is 21.4. The molecule has 0 saturated carbocycles. The van der Waals surface area contributed by atoms with Gasteiger partial charge >= 0.3 is 0 Å². The number of hydrogen-bond donors (Lipinski definition) is 1. The van der Waals surface area contributed by atoms with E-state index in [1.54, 1.807) is 0 Å². The van der Waals surface area contributed by atoms with Crippen LogP contribution in [0.5, 0.6) is 5.75 Å². The van der Waals surface area contributed by atoms with Crippen LogP contribution < -0.4 is 14.4 Å². The second-order valence-corrected chi connectivity index (χ2v) is 8.48. The SMILES string of the molecule is CCOc1ccccc1CCCNC(=O)[C@H](C)N(c1ccccc1F)S(C)(=O)=O. The highest BCUT2D eigenvalue weighted by atomic mass is 32.2. The monoisotopic (exact) mass is 422 g/mol. The van der Waals surface area contributed by atoms with Crippen LogP contribution in [-0.4, -0.2) is 39.8 Å². The lowest BCUT2D eigenvalue weighted by molar-refractivity contribution is -0.121. The summed E-state index contributed by atoms with van der Waals surface area (Å²) in [5.74, 6) is -0.376. The van der Waals surface area contributed by atoms with Gasteiger partial charge in [0.25, 0.3) is 0 Å². The fourth-order valence-corrected chi connectivity index (χ4v) is 4.23. The van der Waals surface area contributed by atoms with Crippen molar-refractivity contribution in [1.82, 2.24) is 5.32 Å². The Kier molecular flexibility index (Phi) is 8.01. The number of sulfonamides is 1. The Morgan fingerprint density at radius 2 is 1.83 bits per heavy atom. The van der Waals surface area contributed by atoms with Gasteiger partial charge in [0.1, 0.15) is 17.6 Å². The van der Waals surface area contributed by atoms with Crippen molar-refractivity contribution in [2.45, 2.75) is 32.7 Å². The second-order valence-electron chi connectivity index (χ2n) is 6.62. The van der Waals surface area contributed by atoms with Crippen molar-refractivity contribution in [1.29, 1.82) is 0 Å². The molecular weight excluding hydrogens is 395 g/mol. The van der Waals surface area contributed by atoms with Crippen molar-refractivity contribution in [3.8, 4) is 5.75 Å². The largest absolute Gasteiger partial charge is 0.494 e. The Hall–Kier alpha value is -2.61. The summed E-state index contributed by atoms with van der Waals surface area (Å²) in [5.41, 5.74) is 0.893. The van der Waals surface area contributed by atoms with E-state index in [0.717, 1.165) is 27.9 Å². The molecular formula is C21H27FN2O4S.